The first-order valence-electron chi connectivity index (χ1n) is 7.92. The highest BCUT2D eigenvalue weighted by Crippen LogP contribution is 2.26. The second-order valence-corrected chi connectivity index (χ2v) is 5.59. The summed E-state index contributed by atoms with van der Waals surface area (Å²) in [7, 11) is 0. The Labute approximate surface area is 126 Å². The van der Waals surface area contributed by atoms with Crippen molar-refractivity contribution < 1.29 is 14.6 Å². The molecule has 4 heteroatoms. The maximum atomic E-state index is 12.3. The van der Waals surface area contributed by atoms with E-state index in [0.29, 0.717) is 17.9 Å². The summed E-state index contributed by atoms with van der Waals surface area (Å²) < 4.78 is 5.45. The number of aliphatic hydroxyl groups is 1. The van der Waals surface area contributed by atoms with Gasteiger partial charge in [0.1, 0.15) is 5.75 Å². The molecule has 1 aromatic carbocycles. The van der Waals surface area contributed by atoms with E-state index in [1.807, 2.05) is 13.0 Å². The third-order valence-electron chi connectivity index (χ3n) is 4.02. The van der Waals surface area contributed by atoms with Crippen molar-refractivity contribution in [1.82, 2.24) is 0 Å². The molecule has 0 spiro atoms. The van der Waals surface area contributed by atoms with E-state index >= 15 is 0 Å². The lowest BCUT2D eigenvalue weighted by atomic mass is 9.99. The molecule has 21 heavy (non-hydrogen) atoms. The van der Waals surface area contributed by atoms with Crippen LogP contribution >= 0.6 is 0 Å². The first-order valence-corrected chi connectivity index (χ1v) is 7.92. The fourth-order valence-corrected chi connectivity index (χ4v) is 2.86. The quantitative estimate of drug-likeness (QED) is 0.816. The number of carbonyl (C=O) groups is 1. The Morgan fingerprint density at radius 2 is 2.00 bits per heavy atom. The third kappa shape index (κ3) is 4.46. The minimum Gasteiger partial charge on any atom is -0.494 e. The largest absolute Gasteiger partial charge is 0.494 e. The molecule has 1 aliphatic rings. The number of carbonyl (C=O) groups excluding carboxylic acids is 1. The van der Waals surface area contributed by atoms with Gasteiger partial charge in [-0.05, 0) is 38.0 Å². The van der Waals surface area contributed by atoms with Crippen molar-refractivity contribution >= 4 is 11.6 Å². The molecule has 0 aromatic heterocycles. The number of hydrogen-bond acceptors (Lipinski definition) is 3. The summed E-state index contributed by atoms with van der Waals surface area (Å²) in [5.41, 5.74) is 1.44. The molecule has 0 aliphatic heterocycles. The normalized spacial score (nSPS) is 16.3. The third-order valence-corrected chi connectivity index (χ3v) is 4.02. The Morgan fingerprint density at radius 1 is 1.29 bits per heavy atom. The molecule has 1 aliphatic carbocycles. The summed E-state index contributed by atoms with van der Waals surface area (Å²) in [5.74, 6) is 0.897. The van der Waals surface area contributed by atoms with Crippen LogP contribution in [0.15, 0.2) is 18.2 Å². The average molecular weight is 291 g/mol. The Bertz CT molecular complexity index is 465. The maximum absolute atomic E-state index is 12.3. The van der Waals surface area contributed by atoms with Crippen molar-refractivity contribution in [1.29, 1.82) is 0 Å². The van der Waals surface area contributed by atoms with Gasteiger partial charge in [0.2, 0.25) is 5.91 Å². The summed E-state index contributed by atoms with van der Waals surface area (Å²) in [6.45, 7) is 2.37. The van der Waals surface area contributed by atoms with E-state index in [2.05, 4.69) is 5.32 Å². The highest BCUT2D eigenvalue weighted by atomic mass is 16.5. The highest BCUT2D eigenvalue weighted by molar-refractivity contribution is 5.92. The topological polar surface area (TPSA) is 58.6 Å². The number of nitrogens with one attached hydrogen (secondary N) is 1. The lowest BCUT2D eigenvalue weighted by Gasteiger charge is -2.15. The minimum absolute atomic E-state index is 0.0948. The van der Waals surface area contributed by atoms with Gasteiger partial charge in [-0.15, -0.1) is 0 Å². The number of rotatable bonds is 5. The summed E-state index contributed by atoms with van der Waals surface area (Å²) >= 11 is 0. The monoisotopic (exact) mass is 291 g/mol. The lowest BCUT2D eigenvalue weighted by Crippen LogP contribution is -2.22. The van der Waals surface area contributed by atoms with Crippen LogP contribution in [-0.2, 0) is 11.4 Å². The van der Waals surface area contributed by atoms with Crippen molar-refractivity contribution in [2.45, 2.75) is 52.1 Å². The summed E-state index contributed by atoms with van der Waals surface area (Å²) in [6.07, 6.45) is 6.72. The van der Waals surface area contributed by atoms with Gasteiger partial charge in [-0.25, -0.2) is 0 Å². The fourth-order valence-electron chi connectivity index (χ4n) is 2.86. The van der Waals surface area contributed by atoms with Crippen LogP contribution in [0.25, 0.3) is 0 Å². The molecular weight excluding hydrogens is 266 g/mol. The maximum Gasteiger partial charge on any atom is 0.227 e. The molecule has 4 nitrogen and oxygen atoms in total. The number of hydrogen-bond donors (Lipinski definition) is 2. The minimum atomic E-state index is -0.0948. The molecule has 2 N–H and O–H groups in total. The SMILES string of the molecule is CCOc1ccc(NC(=O)C2CCCCCC2)cc1CO. The van der Waals surface area contributed by atoms with Gasteiger partial charge in [-0.2, -0.15) is 0 Å². The molecule has 1 aromatic rings. The fraction of sp³-hybridized carbons (Fsp3) is 0.588. The van der Waals surface area contributed by atoms with Crippen molar-refractivity contribution in [2.75, 3.05) is 11.9 Å². The second kappa shape index (κ2) is 8.03. The van der Waals surface area contributed by atoms with E-state index in [9.17, 15) is 9.90 Å². The molecular formula is C17H25NO3. The Morgan fingerprint density at radius 3 is 2.62 bits per heavy atom. The Kier molecular flexibility index (Phi) is 6.05. The van der Waals surface area contributed by atoms with Gasteiger partial charge >= 0.3 is 0 Å². The number of benzene rings is 1. The predicted octanol–water partition coefficient (Wildman–Crippen LogP) is 3.49. The van der Waals surface area contributed by atoms with E-state index in [4.69, 9.17) is 4.74 Å². The van der Waals surface area contributed by atoms with Crippen LogP contribution in [0.5, 0.6) is 5.75 Å². The molecule has 0 atom stereocenters. The van der Waals surface area contributed by atoms with Crippen LogP contribution < -0.4 is 10.1 Å². The molecule has 0 radical (unpaired) electrons. The van der Waals surface area contributed by atoms with Crippen molar-refractivity contribution in [3.63, 3.8) is 0 Å². The van der Waals surface area contributed by atoms with Gasteiger partial charge in [-0.1, -0.05) is 25.7 Å². The van der Waals surface area contributed by atoms with Crippen molar-refractivity contribution in [3.8, 4) is 5.75 Å². The molecule has 0 bridgehead atoms. The summed E-state index contributed by atoms with van der Waals surface area (Å²) in [4.78, 5) is 12.3. The highest BCUT2D eigenvalue weighted by Gasteiger charge is 2.20. The molecule has 2 rings (SSSR count). The van der Waals surface area contributed by atoms with Gasteiger partial charge in [0.05, 0.1) is 13.2 Å². The smallest absolute Gasteiger partial charge is 0.227 e. The lowest BCUT2D eigenvalue weighted by molar-refractivity contribution is -0.120. The zero-order valence-corrected chi connectivity index (χ0v) is 12.7. The molecule has 0 saturated heterocycles. The van der Waals surface area contributed by atoms with Crippen LogP contribution in [-0.4, -0.2) is 17.6 Å². The molecule has 0 unspecified atom stereocenters. The zero-order valence-electron chi connectivity index (χ0n) is 12.7. The van der Waals surface area contributed by atoms with Gasteiger partial charge < -0.3 is 15.2 Å². The van der Waals surface area contributed by atoms with Crippen molar-refractivity contribution in [3.05, 3.63) is 23.8 Å². The van der Waals surface area contributed by atoms with E-state index in [0.717, 1.165) is 31.4 Å². The van der Waals surface area contributed by atoms with Crippen LogP contribution in [0.1, 0.15) is 51.0 Å². The first kappa shape index (κ1) is 15.8. The van der Waals surface area contributed by atoms with Crippen LogP contribution in [0.4, 0.5) is 5.69 Å². The van der Waals surface area contributed by atoms with Crippen LogP contribution in [0.3, 0.4) is 0 Å². The zero-order chi connectivity index (χ0) is 15.1. The summed E-state index contributed by atoms with van der Waals surface area (Å²) in [5, 5.41) is 12.4. The second-order valence-electron chi connectivity index (χ2n) is 5.59. The van der Waals surface area contributed by atoms with Crippen molar-refractivity contribution in [2.24, 2.45) is 5.92 Å². The predicted molar refractivity (Wildman–Crippen MR) is 83.4 cm³/mol. The van der Waals surface area contributed by atoms with Gasteiger partial charge in [-0.3, -0.25) is 4.79 Å². The number of amides is 1. The molecule has 0 heterocycles. The number of aliphatic hydroxyl groups excluding tert-OH is 1. The van der Waals surface area contributed by atoms with E-state index in [1.54, 1.807) is 12.1 Å². The number of anilines is 1. The molecule has 1 saturated carbocycles. The first-order chi connectivity index (χ1) is 10.2. The standard InChI is InChI=1S/C17H25NO3/c1-2-21-16-10-9-15(11-14(16)12-19)18-17(20)13-7-5-3-4-6-8-13/h9-11,13,19H,2-8,12H2,1H3,(H,18,20). The Balaban J connectivity index is 2.02. The van der Waals surface area contributed by atoms with E-state index in [-0.39, 0.29) is 18.4 Å². The van der Waals surface area contributed by atoms with Crippen LogP contribution in [0, 0.1) is 5.92 Å². The van der Waals surface area contributed by atoms with Gasteiger partial charge in [0.25, 0.3) is 0 Å². The molecule has 116 valence electrons. The molecule has 1 fully saturated rings. The Hall–Kier alpha value is -1.55. The van der Waals surface area contributed by atoms with Crippen LogP contribution in [0.2, 0.25) is 0 Å². The number of ether oxygens (including phenoxy) is 1. The van der Waals surface area contributed by atoms with Gasteiger partial charge in [0.15, 0.2) is 0 Å². The van der Waals surface area contributed by atoms with E-state index < -0.39 is 0 Å². The molecule has 1 amide bonds. The average Bonchev–Trinajstić information content (AvgIpc) is 2.78. The summed E-state index contributed by atoms with van der Waals surface area (Å²) in [6, 6.07) is 5.43. The van der Waals surface area contributed by atoms with E-state index in [1.165, 1.54) is 12.8 Å². The van der Waals surface area contributed by atoms with Gasteiger partial charge in [0, 0.05) is 17.2 Å².